The number of aromatic nitrogens is 3. The fourth-order valence-corrected chi connectivity index (χ4v) is 2.47. The van der Waals surface area contributed by atoms with Crippen molar-refractivity contribution in [1.29, 1.82) is 0 Å². The summed E-state index contributed by atoms with van der Waals surface area (Å²) < 4.78 is 6.66. The van der Waals surface area contributed by atoms with Crippen LogP contribution in [0.5, 0.6) is 5.75 Å². The van der Waals surface area contributed by atoms with Gasteiger partial charge >= 0.3 is 0 Å². The first-order chi connectivity index (χ1) is 11.7. The largest absolute Gasteiger partial charge is 0.496 e. The molecule has 3 N–H and O–H groups in total. The van der Waals surface area contributed by atoms with Gasteiger partial charge in [-0.05, 0) is 12.1 Å². The summed E-state index contributed by atoms with van der Waals surface area (Å²) in [5, 5.41) is 11.5. The molecule has 0 aliphatic heterocycles. The molecule has 0 bridgehead atoms. The van der Waals surface area contributed by atoms with E-state index in [2.05, 4.69) is 25.6 Å². The van der Waals surface area contributed by atoms with Crippen LogP contribution in [0.3, 0.4) is 0 Å². The maximum Gasteiger partial charge on any atom is 0.263 e. The summed E-state index contributed by atoms with van der Waals surface area (Å²) in [5.41, 5.74) is 4.49. The first kappa shape index (κ1) is 18.2. The predicted octanol–water partition coefficient (Wildman–Crippen LogP) is 1.73. The van der Waals surface area contributed by atoms with Gasteiger partial charge in [-0.3, -0.25) is 0 Å². The maximum atomic E-state index is 5.85. The monoisotopic (exact) mass is 371 g/mol. The molecule has 0 spiro atoms. The van der Waals surface area contributed by atoms with E-state index in [1.54, 1.807) is 13.3 Å². The average molecular weight is 372 g/mol. The maximum absolute atomic E-state index is 5.85. The van der Waals surface area contributed by atoms with E-state index in [0.29, 0.717) is 36.5 Å². The number of hydrogen-bond acceptors (Lipinski definition) is 7. The molecule has 0 fully saturated rings. The lowest BCUT2D eigenvalue weighted by molar-refractivity contribution is 0.414. The Balaban J connectivity index is 2.14. The predicted molar refractivity (Wildman–Crippen MR) is 98.0 cm³/mol. The van der Waals surface area contributed by atoms with Crippen LogP contribution < -0.4 is 20.9 Å². The Hall–Kier alpha value is -2.19. The van der Waals surface area contributed by atoms with Gasteiger partial charge in [-0.15, -0.1) is 33.4 Å². The number of nitrogen functional groups attached to an aromatic ring is 1. The molecule has 0 saturated carbocycles. The molecule has 8 nitrogen and oxygen atoms in total. The van der Waals surface area contributed by atoms with Crippen LogP contribution in [0.25, 0.3) is 0 Å². The number of nitrogens with zero attached hydrogens (tertiary/aromatic N) is 5. The lowest BCUT2D eigenvalue weighted by Crippen LogP contribution is -2.27. The van der Waals surface area contributed by atoms with Crippen LogP contribution in [0.15, 0.2) is 29.6 Å². The minimum absolute atomic E-state index is 0.331. The topological polar surface area (TPSA) is 93.6 Å². The van der Waals surface area contributed by atoms with Gasteiger partial charge in [-0.25, -0.2) is 10.1 Å². The van der Waals surface area contributed by atoms with Crippen LogP contribution in [0, 0.1) is 0 Å². The Morgan fingerprint density at radius 2 is 2.12 bits per heavy atom. The quantitative estimate of drug-likeness (QED) is 0.301. The van der Waals surface area contributed by atoms with Gasteiger partial charge in [-0.2, -0.15) is 5.10 Å². The van der Waals surface area contributed by atoms with Crippen LogP contribution in [0.1, 0.15) is 5.56 Å². The number of alkyl halides is 2. The van der Waals surface area contributed by atoms with Gasteiger partial charge in [-0.1, -0.05) is 0 Å². The number of ether oxygens (including phenoxy) is 1. The normalized spacial score (nSPS) is 11.0. The number of methoxy groups -OCH3 is 1. The third-order valence-electron chi connectivity index (χ3n) is 3.23. The van der Waals surface area contributed by atoms with Crippen molar-refractivity contribution < 1.29 is 4.74 Å². The van der Waals surface area contributed by atoms with Gasteiger partial charge in [0.1, 0.15) is 12.1 Å². The first-order valence-electron chi connectivity index (χ1n) is 7.18. The molecule has 130 valence electrons. The standard InChI is InChI=1S/C14H19Cl2N7O/c1-24-13-8-12(22(6-4-15)7-5-16)3-2-11(13)9-18-20-14-21-19-10-23(14)17/h2-3,8-10H,4-7,17H2,1H3,(H,20,21)/b18-9+. The number of nitrogens with one attached hydrogen (secondary N) is 1. The van der Waals surface area contributed by atoms with Gasteiger partial charge < -0.3 is 15.5 Å². The fraction of sp³-hybridized carbons (Fsp3) is 0.357. The van der Waals surface area contributed by atoms with Crippen molar-refractivity contribution in [2.24, 2.45) is 5.10 Å². The third-order valence-corrected chi connectivity index (χ3v) is 3.57. The molecule has 24 heavy (non-hydrogen) atoms. The van der Waals surface area contributed by atoms with Gasteiger partial charge in [0.05, 0.1) is 13.3 Å². The second kappa shape index (κ2) is 9.19. The van der Waals surface area contributed by atoms with Crippen LogP contribution in [0.2, 0.25) is 0 Å². The van der Waals surface area contributed by atoms with Crippen molar-refractivity contribution in [3.8, 4) is 5.75 Å². The Morgan fingerprint density at radius 1 is 1.38 bits per heavy atom. The lowest BCUT2D eigenvalue weighted by Gasteiger charge is -2.23. The van der Waals surface area contributed by atoms with Gasteiger partial charge in [0.15, 0.2) is 0 Å². The van der Waals surface area contributed by atoms with Crippen LogP contribution >= 0.6 is 23.2 Å². The summed E-state index contributed by atoms with van der Waals surface area (Å²) in [4.78, 5) is 2.10. The van der Waals surface area contributed by atoms with Crippen LogP contribution in [-0.2, 0) is 0 Å². The fourth-order valence-electron chi connectivity index (χ4n) is 2.06. The van der Waals surface area contributed by atoms with Crippen molar-refractivity contribution in [3.05, 3.63) is 30.1 Å². The molecule has 2 aromatic rings. The molecular formula is C14H19Cl2N7O. The molecule has 0 radical (unpaired) electrons. The molecular weight excluding hydrogens is 353 g/mol. The molecule has 0 amide bonds. The van der Waals surface area contributed by atoms with Crippen LogP contribution in [0.4, 0.5) is 11.6 Å². The zero-order chi connectivity index (χ0) is 17.4. The Bertz CT molecular complexity index is 671. The second-order valence-electron chi connectivity index (χ2n) is 4.72. The highest BCUT2D eigenvalue weighted by Crippen LogP contribution is 2.25. The number of halogens is 2. The van der Waals surface area contributed by atoms with E-state index >= 15 is 0 Å². The van der Waals surface area contributed by atoms with E-state index in [4.69, 9.17) is 33.8 Å². The molecule has 1 aromatic carbocycles. The van der Waals surface area contributed by atoms with Crippen molar-refractivity contribution in [1.82, 2.24) is 14.9 Å². The highest BCUT2D eigenvalue weighted by Gasteiger charge is 2.09. The SMILES string of the molecule is COc1cc(N(CCCl)CCCl)ccc1/C=N/Nc1nncn1N. The van der Waals surface area contributed by atoms with E-state index in [1.165, 1.54) is 11.0 Å². The number of nitrogens with two attached hydrogens (primary N) is 1. The molecule has 0 saturated heterocycles. The van der Waals surface area contributed by atoms with E-state index in [1.807, 2.05) is 18.2 Å². The molecule has 10 heteroatoms. The number of benzene rings is 1. The number of hydrazone groups is 1. The molecule has 0 atom stereocenters. The van der Waals surface area contributed by atoms with Gasteiger partial charge in [0.25, 0.3) is 5.95 Å². The second-order valence-corrected chi connectivity index (χ2v) is 5.48. The van der Waals surface area contributed by atoms with Crippen LogP contribution in [-0.4, -0.2) is 53.0 Å². The third kappa shape index (κ3) is 4.65. The molecule has 0 unspecified atom stereocenters. The Labute approximate surface area is 150 Å². The summed E-state index contributed by atoms with van der Waals surface area (Å²) in [7, 11) is 1.60. The van der Waals surface area contributed by atoms with Crippen molar-refractivity contribution in [2.45, 2.75) is 0 Å². The Morgan fingerprint density at radius 3 is 2.71 bits per heavy atom. The molecule has 0 aliphatic rings. The smallest absolute Gasteiger partial charge is 0.263 e. The average Bonchev–Trinajstić information content (AvgIpc) is 3.00. The lowest BCUT2D eigenvalue weighted by atomic mass is 10.2. The molecule has 1 aromatic heterocycles. The number of hydrogen-bond donors (Lipinski definition) is 2. The van der Waals surface area contributed by atoms with Gasteiger partial charge in [0.2, 0.25) is 0 Å². The number of rotatable bonds is 9. The van der Waals surface area contributed by atoms with E-state index in [9.17, 15) is 0 Å². The zero-order valence-electron chi connectivity index (χ0n) is 13.2. The number of anilines is 2. The highest BCUT2D eigenvalue weighted by molar-refractivity contribution is 6.18. The summed E-state index contributed by atoms with van der Waals surface area (Å²) in [6.07, 6.45) is 2.99. The van der Waals surface area contributed by atoms with Crippen molar-refractivity contribution >= 4 is 41.1 Å². The van der Waals surface area contributed by atoms with E-state index in [-0.39, 0.29) is 0 Å². The summed E-state index contributed by atoms with van der Waals surface area (Å²) in [5.74, 6) is 7.64. The van der Waals surface area contributed by atoms with E-state index < -0.39 is 0 Å². The Kier molecular flexibility index (Phi) is 6.95. The summed E-state index contributed by atoms with van der Waals surface area (Å²) in [6.45, 7) is 1.41. The van der Waals surface area contributed by atoms with Crippen molar-refractivity contribution in [3.63, 3.8) is 0 Å². The first-order valence-corrected chi connectivity index (χ1v) is 8.25. The molecule has 1 heterocycles. The minimum Gasteiger partial charge on any atom is -0.496 e. The highest BCUT2D eigenvalue weighted by atomic mass is 35.5. The summed E-state index contributed by atoms with van der Waals surface area (Å²) >= 11 is 11.7. The zero-order valence-corrected chi connectivity index (χ0v) is 14.7. The molecule has 2 rings (SSSR count). The minimum atomic E-state index is 0.331. The molecule has 0 aliphatic carbocycles. The van der Waals surface area contributed by atoms with Gasteiger partial charge in [0, 0.05) is 42.2 Å². The van der Waals surface area contributed by atoms with Crippen molar-refractivity contribution in [2.75, 3.05) is 48.1 Å². The summed E-state index contributed by atoms with van der Waals surface area (Å²) in [6, 6.07) is 5.79. The van der Waals surface area contributed by atoms with E-state index in [0.717, 1.165) is 11.3 Å².